The standard InChI is InChI=1S/C17H20O3/c1-2-3-4-7-13-8-5-6-9-16(13)20-17-12-14(18)10-11-15(17)19/h5-6,8-12,18-19H,2-4,7H2,1H3. The van der Waals surface area contributed by atoms with Crippen LogP contribution in [0.15, 0.2) is 42.5 Å². The molecule has 0 unspecified atom stereocenters. The van der Waals surface area contributed by atoms with Crippen LogP contribution in [0.1, 0.15) is 31.7 Å². The van der Waals surface area contributed by atoms with Crippen molar-refractivity contribution in [2.75, 3.05) is 0 Å². The molecule has 2 aromatic carbocycles. The molecule has 2 N–H and O–H groups in total. The number of benzene rings is 2. The van der Waals surface area contributed by atoms with Crippen LogP contribution in [0, 0.1) is 0 Å². The Kier molecular flexibility index (Phi) is 4.88. The molecular formula is C17H20O3. The third kappa shape index (κ3) is 3.67. The van der Waals surface area contributed by atoms with Gasteiger partial charge < -0.3 is 14.9 Å². The van der Waals surface area contributed by atoms with E-state index in [0.717, 1.165) is 24.2 Å². The van der Waals surface area contributed by atoms with Gasteiger partial charge in [-0.3, -0.25) is 0 Å². The Morgan fingerprint density at radius 1 is 0.950 bits per heavy atom. The molecule has 0 bridgehead atoms. The highest BCUT2D eigenvalue weighted by Crippen LogP contribution is 2.35. The normalized spacial score (nSPS) is 10.4. The molecule has 0 saturated carbocycles. The molecule has 0 aliphatic carbocycles. The molecule has 0 saturated heterocycles. The summed E-state index contributed by atoms with van der Waals surface area (Å²) < 4.78 is 5.74. The fourth-order valence-corrected chi connectivity index (χ4v) is 2.08. The number of unbranched alkanes of at least 4 members (excludes halogenated alkanes) is 2. The van der Waals surface area contributed by atoms with Gasteiger partial charge in [0, 0.05) is 6.07 Å². The molecule has 0 spiro atoms. The fourth-order valence-electron chi connectivity index (χ4n) is 2.08. The SMILES string of the molecule is CCCCCc1ccccc1Oc1cc(O)ccc1O. The number of hydrogen-bond donors (Lipinski definition) is 2. The van der Waals surface area contributed by atoms with Crippen molar-refractivity contribution < 1.29 is 14.9 Å². The second-order valence-electron chi connectivity index (χ2n) is 4.82. The molecule has 0 radical (unpaired) electrons. The van der Waals surface area contributed by atoms with Gasteiger partial charge in [-0.1, -0.05) is 38.0 Å². The molecule has 0 aliphatic heterocycles. The number of phenolic OH excluding ortho intramolecular Hbond substituents is 2. The molecule has 3 nitrogen and oxygen atoms in total. The lowest BCUT2D eigenvalue weighted by Crippen LogP contribution is -1.92. The zero-order chi connectivity index (χ0) is 14.4. The summed E-state index contributed by atoms with van der Waals surface area (Å²) in [7, 11) is 0. The highest BCUT2D eigenvalue weighted by Gasteiger charge is 2.08. The zero-order valence-electron chi connectivity index (χ0n) is 11.7. The number of ether oxygens (including phenoxy) is 1. The first-order valence-electron chi connectivity index (χ1n) is 6.98. The Hall–Kier alpha value is -2.16. The lowest BCUT2D eigenvalue weighted by atomic mass is 10.1. The van der Waals surface area contributed by atoms with E-state index >= 15 is 0 Å². The largest absolute Gasteiger partial charge is 0.508 e. The number of rotatable bonds is 6. The average Bonchev–Trinajstić information content (AvgIpc) is 2.45. The first kappa shape index (κ1) is 14.3. The van der Waals surface area contributed by atoms with Crippen molar-refractivity contribution in [2.45, 2.75) is 32.6 Å². The van der Waals surface area contributed by atoms with Crippen LogP contribution in [0.5, 0.6) is 23.0 Å². The Morgan fingerprint density at radius 3 is 2.55 bits per heavy atom. The van der Waals surface area contributed by atoms with Gasteiger partial charge in [0.2, 0.25) is 0 Å². The van der Waals surface area contributed by atoms with Gasteiger partial charge in [0.25, 0.3) is 0 Å². The molecule has 2 rings (SSSR count). The minimum Gasteiger partial charge on any atom is -0.508 e. The maximum Gasteiger partial charge on any atom is 0.172 e. The molecule has 2 aromatic rings. The molecular weight excluding hydrogens is 252 g/mol. The van der Waals surface area contributed by atoms with E-state index in [4.69, 9.17) is 4.74 Å². The second-order valence-corrected chi connectivity index (χ2v) is 4.82. The Balaban J connectivity index is 2.18. The quantitative estimate of drug-likeness (QED) is 0.595. The van der Waals surface area contributed by atoms with Gasteiger partial charge >= 0.3 is 0 Å². The van der Waals surface area contributed by atoms with Crippen LogP contribution >= 0.6 is 0 Å². The summed E-state index contributed by atoms with van der Waals surface area (Å²) in [4.78, 5) is 0. The smallest absolute Gasteiger partial charge is 0.172 e. The highest BCUT2D eigenvalue weighted by atomic mass is 16.5. The molecule has 20 heavy (non-hydrogen) atoms. The minimum atomic E-state index is 0.0196. The summed E-state index contributed by atoms with van der Waals surface area (Å²) in [6, 6.07) is 12.1. The molecule has 0 aliphatic rings. The van der Waals surface area contributed by atoms with Crippen molar-refractivity contribution in [1.29, 1.82) is 0 Å². The first-order chi connectivity index (χ1) is 9.70. The summed E-state index contributed by atoms with van der Waals surface area (Å²) in [6.07, 6.45) is 4.43. The minimum absolute atomic E-state index is 0.0196. The van der Waals surface area contributed by atoms with Crippen molar-refractivity contribution in [3.63, 3.8) is 0 Å². The van der Waals surface area contributed by atoms with Crippen molar-refractivity contribution >= 4 is 0 Å². The van der Waals surface area contributed by atoms with Crippen LogP contribution in [0.4, 0.5) is 0 Å². The molecule has 3 heteroatoms. The van der Waals surface area contributed by atoms with E-state index in [-0.39, 0.29) is 17.2 Å². The van der Waals surface area contributed by atoms with Crippen LogP contribution in [-0.2, 0) is 6.42 Å². The number of phenols is 2. The van der Waals surface area contributed by atoms with Gasteiger partial charge in [-0.15, -0.1) is 0 Å². The predicted octanol–water partition coefficient (Wildman–Crippen LogP) is 4.62. The Labute approximate surface area is 119 Å². The van der Waals surface area contributed by atoms with E-state index in [1.165, 1.54) is 31.0 Å². The fraction of sp³-hybridized carbons (Fsp3) is 0.294. The van der Waals surface area contributed by atoms with Crippen LogP contribution in [0.3, 0.4) is 0 Å². The third-order valence-corrected chi connectivity index (χ3v) is 3.19. The van der Waals surface area contributed by atoms with Gasteiger partial charge in [-0.2, -0.15) is 0 Å². The van der Waals surface area contributed by atoms with Gasteiger partial charge in [0.05, 0.1) is 0 Å². The van der Waals surface area contributed by atoms with Crippen molar-refractivity contribution in [3.8, 4) is 23.0 Å². The van der Waals surface area contributed by atoms with E-state index < -0.39 is 0 Å². The summed E-state index contributed by atoms with van der Waals surface area (Å²) in [5, 5.41) is 19.2. The van der Waals surface area contributed by atoms with Crippen molar-refractivity contribution in [3.05, 3.63) is 48.0 Å². The monoisotopic (exact) mass is 272 g/mol. The maximum absolute atomic E-state index is 9.77. The van der Waals surface area contributed by atoms with Crippen LogP contribution in [0.2, 0.25) is 0 Å². The molecule has 106 valence electrons. The predicted molar refractivity (Wildman–Crippen MR) is 79.5 cm³/mol. The zero-order valence-corrected chi connectivity index (χ0v) is 11.7. The summed E-state index contributed by atoms with van der Waals surface area (Å²) in [5.41, 5.74) is 1.11. The van der Waals surface area contributed by atoms with Gasteiger partial charge in [-0.05, 0) is 36.6 Å². The molecule has 0 fully saturated rings. The third-order valence-electron chi connectivity index (χ3n) is 3.19. The molecule has 0 amide bonds. The summed E-state index contributed by atoms with van der Waals surface area (Å²) in [6.45, 7) is 2.17. The molecule has 0 atom stereocenters. The molecule has 0 heterocycles. The second kappa shape index (κ2) is 6.85. The van der Waals surface area contributed by atoms with Gasteiger partial charge in [0.15, 0.2) is 11.5 Å². The highest BCUT2D eigenvalue weighted by molar-refractivity contribution is 5.47. The van der Waals surface area contributed by atoms with Crippen LogP contribution in [-0.4, -0.2) is 10.2 Å². The number of aryl methyl sites for hydroxylation is 1. The summed E-state index contributed by atoms with van der Waals surface area (Å²) in [5.74, 6) is 1.09. The van der Waals surface area contributed by atoms with E-state index in [9.17, 15) is 10.2 Å². The van der Waals surface area contributed by atoms with Gasteiger partial charge in [-0.25, -0.2) is 0 Å². The first-order valence-corrected chi connectivity index (χ1v) is 6.98. The van der Waals surface area contributed by atoms with Crippen LogP contribution < -0.4 is 4.74 Å². The van der Waals surface area contributed by atoms with Crippen LogP contribution in [0.25, 0.3) is 0 Å². The number of aromatic hydroxyl groups is 2. The topological polar surface area (TPSA) is 49.7 Å². The lowest BCUT2D eigenvalue weighted by Gasteiger charge is -2.12. The average molecular weight is 272 g/mol. The van der Waals surface area contributed by atoms with E-state index in [1.54, 1.807) is 0 Å². The maximum atomic E-state index is 9.77. The Morgan fingerprint density at radius 2 is 1.75 bits per heavy atom. The van der Waals surface area contributed by atoms with Crippen molar-refractivity contribution in [1.82, 2.24) is 0 Å². The van der Waals surface area contributed by atoms with E-state index in [0.29, 0.717) is 0 Å². The lowest BCUT2D eigenvalue weighted by molar-refractivity contribution is 0.401. The van der Waals surface area contributed by atoms with Crippen molar-refractivity contribution in [2.24, 2.45) is 0 Å². The Bertz CT molecular complexity index is 564. The number of para-hydroxylation sites is 1. The van der Waals surface area contributed by atoms with Gasteiger partial charge in [0.1, 0.15) is 11.5 Å². The van der Waals surface area contributed by atoms with E-state index in [2.05, 4.69) is 6.92 Å². The molecule has 0 aromatic heterocycles. The number of hydrogen-bond acceptors (Lipinski definition) is 3. The summed E-state index contributed by atoms with van der Waals surface area (Å²) >= 11 is 0. The van der Waals surface area contributed by atoms with E-state index in [1.807, 2.05) is 24.3 Å².